The maximum atomic E-state index is 14.2. The molecule has 6 heteroatoms. The molecule has 27 heavy (non-hydrogen) atoms. The molecule has 1 heterocycles. The maximum Gasteiger partial charge on any atom is 0.248 e. The van der Waals surface area contributed by atoms with Crippen molar-refractivity contribution in [3.05, 3.63) is 89.0 Å². The van der Waals surface area contributed by atoms with E-state index < -0.39 is 5.82 Å². The summed E-state index contributed by atoms with van der Waals surface area (Å²) in [5, 5.41) is 3.14. The number of nitrogens with zero attached hydrogens (tertiary/aromatic N) is 1. The van der Waals surface area contributed by atoms with Crippen molar-refractivity contribution in [1.82, 2.24) is 4.98 Å². The number of hydrogen-bond donors (Lipinski definition) is 1. The molecule has 1 amide bonds. The van der Waals surface area contributed by atoms with E-state index in [1.807, 2.05) is 13.0 Å². The third kappa shape index (κ3) is 5.15. The predicted octanol–water partition coefficient (Wildman–Crippen LogP) is 5.63. The largest absolute Gasteiger partial charge is 0.453 e. The Balaban J connectivity index is 1.66. The number of carbonyl (C=O) groups excluding carboxylic acids is 1. The quantitative estimate of drug-likeness (QED) is 0.582. The average molecular weight is 383 g/mol. The van der Waals surface area contributed by atoms with Gasteiger partial charge in [-0.15, -0.1) is 0 Å². The molecule has 3 aromatic rings. The number of amides is 1. The van der Waals surface area contributed by atoms with Crippen LogP contribution in [0.15, 0.2) is 67.0 Å². The lowest BCUT2D eigenvalue weighted by Gasteiger charge is -2.07. The molecule has 0 aliphatic heterocycles. The smallest absolute Gasteiger partial charge is 0.248 e. The molecule has 1 aromatic heterocycles. The van der Waals surface area contributed by atoms with Crippen LogP contribution >= 0.6 is 11.6 Å². The zero-order chi connectivity index (χ0) is 19.2. The van der Waals surface area contributed by atoms with E-state index in [9.17, 15) is 9.18 Å². The van der Waals surface area contributed by atoms with Crippen molar-refractivity contribution in [2.24, 2.45) is 0 Å². The molecule has 0 aliphatic rings. The summed E-state index contributed by atoms with van der Waals surface area (Å²) in [5.41, 5.74) is 2.04. The Morgan fingerprint density at radius 1 is 1.22 bits per heavy atom. The third-order valence-corrected chi connectivity index (χ3v) is 3.94. The second-order valence-corrected chi connectivity index (χ2v) is 6.19. The molecule has 0 spiro atoms. The van der Waals surface area contributed by atoms with Gasteiger partial charge in [-0.2, -0.15) is 0 Å². The summed E-state index contributed by atoms with van der Waals surface area (Å²) >= 11 is 6.09. The van der Waals surface area contributed by atoms with Crippen LogP contribution in [-0.2, 0) is 4.79 Å². The number of ether oxygens (including phenoxy) is 1. The van der Waals surface area contributed by atoms with Crippen LogP contribution in [0.2, 0.25) is 5.02 Å². The second kappa shape index (κ2) is 8.47. The van der Waals surface area contributed by atoms with E-state index in [0.29, 0.717) is 22.0 Å². The molecule has 136 valence electrons. The van der Waals surface area contributed by atoms with Crippen LogP contribution in [0, 0.1) is 12.7 Å². The maximum absolute atomic E-state index is 14.2. The number of benzene rings is 2. The molecule has 0 unspecified atom stereocenters. The van der Waals surface area contributed by atoms with Gasteiger partial charge in [0.1, 0.15) is 5.75 Å². The first-order valence-electron chi connectivity index (χ1n) is 8.14. The summed E-state index contributed by atoms with van der Waals surface area (Å²) in [4.78, 5) is 15.9. The standard InChI is InChI=1S/C21H16ClFN2O2/c1-14-4-7-19(17(22)11-14)25-21(26)9-6-15-5-8-20(18(23)12-15)27-16-3-2-10-24-13-16/h2-13H,1H3,(H,25,26)/b9-6+. The molecule has 4 nitrogen and oxygen atoms in total. The van der Waals surface area contributed by atoms with Crippen LogP contribution < -0.4 is 10.1 Å². The van der Waals surface area contributed by atoms with E-state index in [0.717, 1.165) is 5.56 Å². The van der Waals surface area contributed by atoms with Gasteiger partial charge in [-0.05, 0) is 60.5 Å². The fourth-order valence-electron chi connectivity index (χ4n) is 2.31. The lowest BCUT2D eigenvalue weighted by molar-refractivity contribution is -0.111. The molecule has 0 fully saturated rings. The SMILES string of the molecule is Cc1ccc(NC(=O)/C=C/c2ccc(Oc3cccnc3)c(F)c2)c(Cl)c1. The van der Waals surface area contributed by atoms with E-state index in [1.165, 1.54) is 30.5 Å². The van der Waals surface area contributed by atoms with Gasteiger partial charge in [0.2, 0.25) is 5.91 Å². The zero-order valence-corrected chi connectivity index (χ0v) is 15.2. The molecule has 0 saturated carbocycles. The Morgan fingerprint density at radius 2 is 2.07 bits per heavy atom. The summed E-state index contributed by atoms with van der Waals surface area (Å²) in [6.45, 7) is 1.91. The van der Waals surface area contributed by atoms with Gasteiger partial charge in [0, 0.05) is 12.3 Å². The minimum atomic E-state index is -0.539. The number of anilines is 1. The van der Waals surface area contributed by atoms with Gasteiger partial charge in [0.25, 0.3) is 0 Å². The van der Waals surface area contributed by atoms with Gasteiger partial charge >= 0.3 is 0 Å². The topological polar surface area (TPSA) is 51.2 Å². The van der Waals surface area contributed by atoms with Crippen LogP contribution in [0.1, 0.15) is 11.1 Å². The highest BCUT2D eigenvalue weighted by Crippen LogP contribution is 2.25. The Kier molecular flexibility index (Phi) is 5.84. The van der Waals surface area contributed by atoms with Crippen molar-refractivity contribution < 1.29 is 13.9 Å². The van der Waals surface area contributed by atoms with Gasteiger partial charge < -0.3 is 10.1 Å². The summed E-state index contributed by atoms with van der Waals surface area (Å²) < 4.78 is 19.6. The Bertz CT molecular complexity index is 991. The summed E-state index contributed by atoms with van der Waals surface area (Å²) in [7, 11) is 0. The first-order chi connectivity index (χ1) is 13.0. The van der Waals surface area contributed by atoms with Crippen molar-refractivity contribution in [2.45, 2.75) is 6.92 Å². The van der Waals surface area contributed by atoms with Crippen molar-refractivity contribution in [3.8, 4) is 11.5 Å². The first-order valence-corrected chi connectivity index (χ1v) is 8.52. The summed E-state index contributed by atoms with van der Waals surface area (Å²) in [6.07, 6.45) is 5.92. The van der Waals surface area contributed by atoms with Crippen LogP contribution in [0.3, 0.4) is 0 Å². The molecule has 0 atom stereocenters. The van der Waals surface area contributed by atoms with E-state index in [4.69, 9.17) is 16.3 Å². The van der Waals surface area contributed by atoms with Crippen LogP contribution in [0.4, 0.5) is 10.1 Å². The zero-order valence-electron chi connectivity index (χ0n) is 14.4. The average Bonchev–Trinajstić information content (AvgIpc) is 2.65. The number of carbonyl (C=O) groups is 1. The molecular formula is C21H16ClFN2O2. The highest BCUT2D eigenvalue weighted by Gasteiger charge is 2.06. The number of hydrogen-bond acceptors (Lipinski definition) is 3. The van der Waals surface area contributed by atoms with Gasteiger partial charge in [-0.3, -0.25) is 9.78 Å². The molecule has 0 saturated heterocycles. The highest BCUT2D eigenvalue weighted by atomic mass is 35.5. The van der Waals surface area contributed by atoms with E-state index >= 15 is 0 Å². The lowest BCUT2D eigenvalue weighted by Crippen LogP contribution is -2.08. The van der Waals surface area contributed by atoms with Gasteiger partial charge in [-0.1, -0.05) is 23.7 Å². The monoisotopic (exact) mass is 382 g/mol. The number of pyridine rings is 1. The summed E-state index contributed by atoms with van der Waals surface area (Å²) in [5.74, 6) is -0.384. The predicted molar refractivity (Wildman–Crippen MR) is 105 cm³/mol. The molecule has 2 aromatic carbocycles. The number of aryl methyl sites for hydroxylation is 1. The van der Waals surface area contributed by atoms with E-state index in [2.05, 4.69) is 10.3 Å². The molecular weight excluding hydrogens is 367 g/mol. The number of halogens is 2. The fraction of sp³-hybridized carbons (Fsp3) is 0.0476. The van der Waals surface area contributed by atoms with Crippen molar-refractivity contribution in [2.75, 3.05) is 5.32 Å². The Morgan fingerprint density at radius 3 is 2.78 bits per heavy atom. The molecule has 3 rings (SSSR count). The van der Waals surface area contributed by atoms with Gasteiger partial charge in [0.05, 0.1) is 16.9 Å². The van der Waals surface area contributed by atoms with Gasteiger partial charge in [-0.25, -0.2) is 4.39 Å². The number of rotatable bonds is 5. The molecule has 0 bridgehead atoms. The fourth-order valence-corrected chi connectivity index (χ4v) is 2.59. The normalized spacial score (nSPS) is 10.8. The number of aromatic nitrogens is 1. The minimum absolute atomic E-state index is 0.0797. The van der Waals surface area contributed by atoms with Crippen molar-refractivity contribution in [3.63, 3.8) is 0 Å². The van der Waals surface area contributed by atoms with Gasteiger partial charge in [0.15, 0.2) is 11.6 Å². The second-order valence-electron chi connectivity index (χ2n) is 5.79. The van der Waals surface area contributed by atoms with Crippen LogP contribution in [-0.4, -0.2) is 10.9 Å². The summed E-state index contributed by atoms with van der Waals surface area (Å²) in [6, 6.07) is 13.2. The van der Waals surface area contributed by atoms with Crippen LogP contribution in [0.5, 0.6) is 11.5 Å². The third-order valence-electron chi connectivity index (χ3n) is 3.63. The first kappa shape index (κ1) is 18.6. The molecule has 1 N–H and O–H groups in total. The van der Waals surface area contributed by atoms with E-state index in [1.54, 1.807) is 36.5 Å². The Labute approximate surface area is 161 Å². The number of nitrogens with one attached hydrogen (secondary N) is 1. The van der Waals surface area contributed by atoms with Crippen LogP contribution in [0.25, 0.3) is 6.08 Å². The molecule has 0 aliphatic carbocycles. The lowest BCUT2D eigenvalue weighted by atomic mass is 10.2. The highest BCUT2D eigenvalue weighted by molar-refractivity contribution is 6.33. The molecule has 0 radical (unpaired) electrons. The van der Waals surface area contributed by atoms with Crippen molar-refractivity contribution >= 4 is 29.3 Å². The van der Waals surface area contributed by atoms with Crippen molar-refractivity contribution in [1.29, 1.82) is 0 Å². The van der Waals surface area contributed by atoms with E-state index in [-0.39, 0.29) is 11.7 Å². The Hall–Kier alpha value is -3.18. The minimum Gasteiger partial charge on any atom is -0.453 e.